The standard InChI is InChI=1S/C18H11ClN2O4/c1-23-13-5-6-15-11(8-13)9-14(18(22)24-15)17-21-20-16(25-17)10-3-2-4-12(19)7-10/h2-9H,1H3. The van der Waals surface area contributed by atoms with Crippen LogP contribution in [0.15, 0.2) is 62.2 Å². The number of ether oxygens (including phenoxy) is 1. The molecule has 124 valence electrons. The second-order valence-corrected chi connectivity index (χ2v) is 5.71. The maximum Gasteiger partial charge on any atom is 0.349 e. The molecule has 7 heteroatoms. The molecule has 0 aliphatic heterocycles. The van der Waals surface area contributed by atoms with Gasteiger partial charge in [-0.3, -0.25) is 0 Å². The third kappa shape index (κ3) is 2.88. The highest BCUT2D eigenvalue weighted by Gasteiger charge is 2.16. The van der Waals surface area contributed by atoms with Crippen LogP contribution in [-0.4, -0.2) is 17.3 Å². The van der Waals surface area contributed by atoms with Crippen LogP contribution < -0.4 is 10.4 Å². The number of benzene rings is 2. The Bertz CT molecular complexity index is 1130. The lowest BCUT2D eigenvalue weighted by Gasteiger charge is -2.02. The topological polar surface area (TPSA) is 78.4 Å². The predicted octanol–water partition coefficient (Wildman–Crippen LogP) is 4.17. The molecule has 0 saturated heterocycles. The van der Waals surface area contributed by atoms with Gasteiger partial charge in [-0.05, 0) is 42.5 Å². The first-order valence-corrected chi connectivity index (χ1v) is 7.73. The van der Waals surface area contributed by atoms with Crippen LogP contribution in [0, 0.1) is 0 Å². The molecule has 0 spiro atoms. The zero-order valence-electron chi connectivity index (χ0n) is 13.0. The summed E-state index contributed by atoms with van der Waals surface area (Å²) in [5, 5.41) is 9.17. The van der Waals surface area contributed by atoms with Crippen LogP contribution in [0.5, 0.6) is 5.75 Å². The summed E-state index contributed by atoms with van der Waals surface area (Å²) in [5.74, 6) is 0.994. The van der Waals surface area contributed by atoms with E-state index in [2.05, 4.69) is 10.2 Å². The molecule has 0 unspecified atom stereocenters. The molecule has 4 rings (SSSR count). The van der Waals surface area contributed by atoms with Gasteiger partial charge in [0, 0.05) is 16.0 Å². The maximum absolute atomic E-state index is 12.2. The van der Waals surface area contributed by atoms with E-state index < -0.39 is 5.63 Å². The molecule has 25 heavy (non-hydrogen) atoms. The van der Waals surface area contributed by atoms with Gasteiger partial charge in [0.05, 0.1) is 7.11 Å². The number of nitrogens with zero attached hydrogens (tertiary/aromatic N) is 2. The Balaban J connectivity index is 1.82. The normalized spacial score (nSPS) is 11.0. The molecule has 2 aromatic heterocycles. The van der Waals surface area contributed by atoms with Gasteiger partial charge in [0.25, 0.3) is 5.89 Å². The fourth-order valence-electron chi connectivity index (χ4n) is 2.45. The van der Waals surface area contributed by atoms with Gasteiger partial charge in [0.2, 0.25) is 5.89 Å². The fraction of sp³-hybridized carbons (Fsp3) is 0.0556. The third-order valence-electron chi connectivity index (χ3n) is 3.67. The van der Waals surface area contributed by atoms with Crippen molar-refractivity contribution < 1.29 is 13.6 Å². The van der Waals surface area contributed by atoms with E-state index in [0.29, 0.717) is 27.3 Å². The zero-order chi connectivity index (χ0) is 17.4. The lowest BCUT2D eigenvalue weighted by Crippen LogP contribution is -2.02. The van der Waals surface area contributed by atoms with Crippen molar-refractivity contribution in [3.05, 3.63) is 64.0 Å². The molecule has 2 aromatic carbocycles. The molecule has 0 saturated carbocycles. The van der Waals surface area contributed by atoms with E-state index in [1.54, 1.807) is 55.6 Å². The van der Waals surface area contributed by atoms with Crippen molar-refractivity contribution in [1.29, 1.82) is 0 Å². The summed E-state index contributed by atoms with van der Waals surface area (Å²) < 4.78 is 16.1. The second kappa shape index (κ2) is 6.07. The molecule has 0 atom stereocenters. The van der Waals surface area contributed by atoms with E-state index in [1.807, 2.05) is 0 Å². The molecule has 0 aliphatic carbocycles. The summed E-state index contributed by atoms with van der Waals surface area (Å²) in [4.78, 5) is 12.2. The predicted molar refractivity (Wildman–Crippen MR) is 92.8 cm³/mol. The van der Waals surface area contributed by atoms with E-state index >= 15 is 0 Å². The zero-order valence-corrected chi connectivity index (χ0v) is 13.8. The van der Waals surface area contributed by atoms with Gasteiger partial charge >= 0.3 is 5.63 Å². The highest BCUT2D eigenvalue weighted by atomic mass is 35.5. The molecule has 0 bridgehead atoms. The van der Waals surface area contributed by atoms with Crippen molar-refractivity contribution >= 4 is 22.6 Å². The maximum atomic E-state index is 12.2. The molecule has 6 nitrogen and oxygen atoms in total. The fourth-order valence-corrected chi connectivity index (χ4v) is 2.64. The highest BCUT2D eigenvalue weighted by molar-refractivity contribution is 6.30. The minimum absolute atomic E-state index is 0.0773. The van der Waals surface area contributed by atoms with E-state index in [9.17, 15) is 4.79 Å². The number of hydrogen-bond donors (Lipinski definition) is 0. The van der Waals surface area contributed by atoms with E-state index in [1.165, 1.54) is 0 Å². The van der Waals surface area contributed by atoms with Crippen LogP contribution >= 0.6 is 11.6 Å². The molecular formula is C18H11ClN2O4. The van der Waals surface area contributed by atoms with Crippen molar-refractivity contribution in [2.45, 2.75) is 0 Å². The molecule has 4 aromatic rings. The Labute approximate surface area is 146 Å². The second-order valence-electron chi connectivity index (χ2n) is 5.27. The molecule has 2 heterocycles. The Kier molecular flexibility index (Phi) is 3.74. The number of fused-ring (bicyclic) bond motifs is 1. The van der Waals surface area contributed by atoms with Crippen molar-refractivity contribution in [2.75, 3.05) is 7.11 Å². The first-order chi connectivity index (χ1) is 12.1. The van der Waals surface area contributed by atoms with Gasteiger partial charge in [0.15, 0.2) is 0 Å². The Hall–Kier alpha value is -3.12. The van der Waals surface area contributed by atoms with Crippen LogP contribution in [0.25, 0.3) is 33.9 Å². The molecule has 0 radical (unpaired) electrons. The lowest BCUT2D eigenvalue weighted by molar-refractivity contribution is 0.415. The number of aromatic nitrogens is 2. The van der Waals surface area contributed by atoms with Crippen molar-refractivity contribution in [2.24, 2.45) is 0 Å². The van der Waals surface area contributed by atoms with Crippen LogP contribution in [0.4, 0.5) is 0 Å². The minimum atomic E-state index is -0.557. The summed E-state index contributed by atoms with van der Waals surface area (Å²) in [5.41, 5.74) is 0.739. The number of halogens is 1. The first kappa shape index (κ1) is 15.4. The molecule has 0 N–H and O–H groups in total. The third-order valence-corrected chi connectivity index (χ3v) is 3.90. The summed E-state index contributed by atoms with van der Waals surface area (Å²) in [6, 6.07) is 13.8. The monoisotopic (exact) mass is 354 g/mol. The van der Waals surface area contributed by atoms with Gasteiger partial charge in [0.1, 0.15) is 16.9 Å². The average molecular weight is 355 g/mol. The molecule has 0 aliphatic rings. The van der Waals surface area contributed by atoms with E-state index in [-0.39, 0.29) is 17.3 Å². The SMILES string of the molecule is COc1ccc2oc(=O)c(-c3nnc(-c4cccc(Cl)c4)o3)cc2c1. The molecule has 0 fully saturated rings. The van der Waals surface area contributed by atoms with Gasteiger partial charge in [-0.25, -0.2) is 4.79 Å². The molecule has 0 amide bonds. The van der Waals surface area contributed by atoms with Crippen molar-refractivity contribution in [3.63, 3.8) is 0 Å². The summed E-state index contributed by atoms with van der Waals surface area (Å²) in [6.07, 6.45) is 0. The summed E-state index contributed by atoms with van der Waals surface area (Å²) in [7, 11) is 1.57. The summed E-state index contributed by atoms with van der Waals surface area (Å²) >= 11 is 5.97. The smallest absolute Gasteiger partial charge is 0.349 e. The first-order valence-electron chi connectivity index (χ1n) is 7.36. The Morgan fingerprint density at radius 1 is 1.00 bits per heavy atom. The largest absolute Gasteiger partial charge is 0.497 e. The highest BCUT2D eigenvalue weighted by Crippen LogP contribution is 2.27. The van der Waals surface area contributed by atoms with E-state index in [0.717, 1.165) is 0 Å². The van der Waals surface area contributed by atoms with Crippen LogP contribution in [-0.2, 0) is 0 Å². The van der Waals surface area contributed by atoms with Crippen molar-refractivity contribution in [1.82, 2.24) is 10.2 Å². The van der Waals surface area contributed by atoms with Crippen molar-refractivity contribution in [3.8, 4) is 28.7 Å². The van der Waals surface area contributed by atoms with Gasteiger partial charge < -0.3 is 13.6 Å². The Morgan fingerprint density at radius 2 is 1.84 bits per heavy atom. The number of methoxy groups -OCH3 is 1. The Morgan fingerprint density at radius 3 is 2.64 bits per heavy atom. The van der Waals surface area contributed by atoms with Gasteiger partial charge in [-0.15, -0.1) is 10.2 Å². The number of rotatable bonds is 3. The van der Waals surface area contributed by atoms with Crippen LogP contribution in [0.1, 0.15) is 0 Å². The van der Waals surface area contributed by atoms with Crippen LogP contribution in [0.3, 0.4) is 0 Å². The number of hydrogen-bond acceptors (Lipinski definition) is 6. The summed E-state index contributed by atoms with van der Waals surface area (Å²) in [6.45, 7) is 0. The van der Waals surface area contributed by atoms with Gasteiger partial charge in [-0.1, -0.05) is 17.7 Å². The van der Waals surface area contributed by atoms with Crippen LogP contribution in [0.2, 0.25) is 5.02 Å². The quantitative estimate of drug-likeness (QED) is 0.514. The van der Waals surface area contributed by atoms with E-state index in [4.69, 9.17) is 25.2 Å². The van der Waals surface area contributed by atoms with Gasteiger partial charge in [-0.2, -0.15) is 0 Å². The lowest BCUT2D eigenvalue weighted by atomic mass is 10.2. The minimum Gasteiger partial charge on any atom is -0.497 e. The molecular weight excluding hydrogens is 344 g/mol. The average Bonchev–Trinajstić information content (AvgIpc) is 3.10.